The molecule has 2 rings (SSSR count). The van der Waals surface area contributed by atoms with Crippen molar-refractivity contribution >= 4 is 33.0 Å². The Morgan fingerprint density at radius 2 is 1.94 bits per heavy atom. The van der Waals surface area contributed by atoms with Gasteiger partial charge in [0.15, 0.2) is 5.78 Å². The van der Waals surface area contributed by atoms with Gasteiger partial charge in [0.25, 0.3) is 0 Å². The minimum atomic E-state index is -0.587. The number of rotatable bonds is 3. The molecule has 2 nitrogen and oxygen atoms in total. The summed E-state index contributed by atoms with van der Waals surface area (Å²) in [5.74, 6) is -0.0481. The number of halogens is 1. The summed E-state index contributed by atoms with van der Waals surface area (Å²) in [7, 11) is 0. The smallest absolute Gasteiger partial charge is 0.195 e. The van der Waals surface area contributed by atoms with Crippen molar-refractivity contribution in [2.75, 3.05) is 0 Å². The van der Waals surface area contributed by atoms with Crippen LogP contribution in [0.5, 0.6) is 0 Å². The standard InChI is InChI=1S/C12H10BrNOS/c13-9-6-7-16-12(9)11(15)10(14)8-4-2-1-3-5-8/h1-7,10H,14H2. The van der Waals surface area contributed by atoms with Crippen LogP contribution >= 0.6 is 27.3 Å². The maximum absolute atomic E-state index is 12.1. The lowest BCUT2D eigenvalue weighted by atomic mass is 10.0. The summed E-state index contributed by atoms with van der Waals surface area (Å²) < 4.78 is 0.814. The number of nitrogens with two attached hydrogens (primary N) is 1. The van der Waals surface area contributed by atoms with Crippen molar-refractivity contribution in [1.82, 2.24) is 0 Å². The average Bonchev–Trinajstić information content (AvgIpc) is 2.75. The summed E-state index contributed by atoms with van der Waals surface area (Å²) in [6.07, 6.45) is 0. The van der Waals surface area contributed by atoms with Crippen molar-refractivity contribution in [2.24, 2.45) is 5.73 Å². The monoisotopic (exact) mass is 295 g/mol. The molecule has 4 heteroatoms. The topological polar surface area (TPSA) is 43.1 Å². The van der Waals surface area contributed by atoms with Gasteiger partial charge in [0, 0.05) is 4.47 Å². The van der Waals surface area contributed by atoms with E-state index in [1.165, 1.54) is 11.3 Å². The van der Waals surface area contributed by atoms with Gasteiger partial charge in [-0.25, -0.2) is 0 Å². The van der Waals surface area contributed by atoms with Crippen LogP contribution in [-0.4, -0.2) is 5.78 Å². The molecular weight excluding hydrogens is 286 g/mol. The molecule has 0 spiro atoms. The van der Waals surface area contributed by atoms with Crippen molar-refractivity contribution in [1.29, 1.82) is 0 Å². The Labute approximate surface area is 106 Å². The molecule has 0 fully saturated rings. The number of carbonyl (C=O) groups excluding carboxylic acids is 1. The SMILES string of the molecule is NC(C(=O)c1sccc1Br)c1ccccc1. The van der Waals surface area contributed by atoms with Crippen LogP contribution in [0.1, 0.15) is 21.3 Å². The summed E-state index contributed by atoms with van der Waals surface area (Å²) in [6, 6.07) is 10.7. The molecule has 0 saturated heterocycles. The largest absolute Gasteiger partial charge is 0.317 e. The molecule has 1 atom stereocenters. The molecule has 0 radical (unpaired) electrons. The van der Waals surface area contributed by atoms with Gasteiger partial charge in [0.2, 0.25) is 0 Å². The number of thiophene rings is 1. The average molecular weight is 296 g/mol. The fourth-order valence-electron chi connectivity index (χ4n) is 1.42. The molecule has 0 aliphatic heterocycles. The summed E-state index contributed by atoms with van der Waals surface area (Å²) >= 11 is 4.75. The van der Waals surface area contributed by atoms with E-state index in [2.05, 4.69) is 15.9 Å². The maximum atomic E-state index is 12.1. The first-order valence-corrected chi connectivity index (χ1v) is 6.45. The number of hydrogen-bond acceptors (Lipinski definition) is 3. The Morgan fingerprint density at radius 3 is 2.50 bits per heavy atom. The van der Waals surface area contributed by atoms with Gasteiger partial charge in [-0.05, 0) is 32.9 Å². The van der Waals surface area contributed by atoms with Crippen LogP contribution < -0.4 is 5.73 Å². The second-order valence-electron chi connectivity index (χ2n) is 3.35. The van der Waals surface area contributed by atoms with Crippen LogP contribution in [0.2, 0.25) is 0 Å². The fourth-order valence-corrected chi connectivity index (χ4v) is 2.97. The van der Waals surface area contributed by atoms with Crippen molar-refractivity contribution in [3.63, 3.8) is 0 Å². The molecule has 0 aliphatic rings. The van der Waals surface area contributed by atoms with E-state index in [-0.39, 0.29) is 5.78 Å². The zero-order chi connectivity index (χ0) is 11.5. The first-order valence-electron chi connectivity index (χ1n) is 4.78. The first kappa shape index (κ1) is 11.5. The van der Waals surface area contributed by atoms with Crippen LogP contribution in [0.25, 0.3) is 0 Å². The summed E-state index contributed by atoms with van der Waals surface area (Å²) in [5, 5.41) is 1.87. The van der Waals surface area contributed by atoms with Crippen LogP contribution in [0.3, 0.4) is 0 Å². The van der Waals surface area contributed by atoms with Crippen LogP contribution in [0.4, 0.5) is 0 Å². The molecule has 0 aliphatic carbocycles. The van der Waals surface area contributed by atoms with E-state index in [1.54, 1.807) is 0 Å². The van der Waals surface area contributed by atoms with E-state index < -0.39 is 6.04 Å². The molecular formula is C12H10BrNOS. The molecule has 0 saturated carbocycles. The molecule has 1 aromatic heterocycles. The molecule has 0 amide bonds. The zero-order valence-corrected chi connectivity index (χ0v) is 10.8. The van der Waals surface area contributed by atoms with E-state index in [4.69, 9.17) is 5.73 Å². The maximum Gasteiger partial charge on any atom is 0.195 e. The number of Topliss-reactive ketones (excluding diaryl/α,β-unsaturated/α-hetero) is 1. The highest BCUT2D eigenvalue weighted by Crippen LogP contribution is 2.27. The third-order valence-corrected chi connectivity index (χ3v) is 4.13. The molecule has 0 bridgehead atoms. The lowest BCUT2D eigenvalue weighted by Crippen LogP contribution is -2.20. The number of hydrogen-bond donors (Lipinski definition) is 1. The minimum absolute atomic E-state index is 0.0481. The predicted molar refractivity (Wildman–Crippen MR) is 69.7 cm³/mol. The van der Waals surface area contributed by atoms with Crippen LogP contribution in [0, 0.1) is 0 Å². The van der Waals surface area contributed by atoms with E-state index in [9.17, 15) is 4.79 Å². The number of ketones is 1. The van der Waals surface area contributed by atoms with E-state index >= 15 is 0 Å². The molecule has 1 heterocycles. The highest BCUT2D eigenvalue weighted by Gasteiger charge is 2.20. The van der Waals surface area contributed by atoms with Crippen molar-refractivity contribution in [3.8, 4) is 0 Å². The molecule has 82 valence electrons. The fraction of sp³-hybridized carbons (Fsp3) is 0.0833. The van der Waals surface area contributed by atoms with Gasteiger partial charge in [0.1, 0.15) is 0 Å². The minimum Gasteiger partial charge on any atom is -0.317 e. The zero-order valence-electron chi connectivity index (χ0n) is 8.39. The predicted octanol–water partition coefficient (Wildman–Crippen LogP) is 3.39. The van der Waals surface area contributed by atoms with Gasteiger partial charge in [-0.1, -0.05) is 30.3 Å². The molecule has 2 N–H and O–H groups in total. The summed E-state index contributed by atoms with van der Waals surface area (Å²) in [4.78, 5) is 12.8. The Balaban J connectivity index is 2.27. The van der Waals surface area contributed by atoms with Crippen LogP contribution in [0.15, 0.2) is 46.3 Å². The van der Waals surface area contributed by atoms with Gasteiger partial charge in [-0.3, -0.25) is 4.79 Å². The lowest BCUT2D eigenvalue weighted by Gasteiger charge is -2.09. The lowest BCUT2D eigenvalue weighted by molar-refractivity contribution is 0.0964. The third-order valence-electron chi connectivity index (χ3n) is 2.28. The summed E-state index contributed by atoms with van der Waals surface area (Å²) in [6.45, 7) is 0. The number of carbonyl (C=O) groups is 1. The van der Waals surface area contributed by atoms with Gasteiger partial charge in [-0.15, -0.1) is 11.3 Å². The molecule has 2 aromatic rings. The number of benzene rings is 1. The second kappa shape index (κ2) is 4.91. The Morgan fingerprint density at radius 1 is 1.25 bits per heavy atom. The van der Waals surface area contributed by atoms with Gasteiger partial charge in [-0.2, -0.15) is 0 Å². The summed E-state index contributed by atoms with van der Waals surface area (Å²) in [5.41, 5.74) is 6.78. The first-order chi connectivity index (χ1) is 7.70. The van der Waals surface area contributed by atoms with E-state index in [0.29, 0.717) is 4.88 Å². The van der Waals surface area contributed by atoms with E-state index in [1.807, 2.05) is 41.8 Å². The Hall–Kier alpha value is -0.970. The normalized spacial score (nSPS) is 12.4. The third kappa shape index (κ3) is 2.24. The van der Waals surface area contributed by atoms with Crippen molar-refractivity contribution in [2.45, 2.75) is 6.04 Å². The highest BCUT2D eigenvalue weighted by molar-refractivity contribution is 9.10. The van der Waals surface area contributed by atoms with Gasteiger partial charge < -0.3 is 5.73 Å². The van der Waals surface area contributed by atoms with Crippen LogP contribution in [-0.2, 0) is 0 Å². The van der Waals surface area contributed by atoms with Gasteiger partial charge >= 0.3 is 0 Å². The molecule has 1 aromatic carbocycles. The quantitative estimate of drug-likeness (QED) is 0.882. The van der Waals surface area contributed by atoms with E-state index in [0.717, 1.165) is 10.0 Å². The Bertz CT molecular complexity index is 495. The van der Waals surface area contributed by atoms with Crippen molar-refractivity contribution in [3.05, 3.63) is 56.7 Å². The van der Waals surface area contributed by atoms with Gasteiger partial charge in [0.05, 0.1) is 10.9 Å². The molecule has 16 heavy (non-hydrogen) atoms. The second-order valence-corrected chi connectivity index (χ2v) is 5.12. The Kier molecular flexibility index (Phi) is 3.53. The molecule has 1 unspecified atom stereocenters. The highest BCUT2D eigenvalue weighted by atomic mass is 79.9. The van der Waals surface area contributed by atoms with Crippen molar-refractivity contribution < 1.29 is 4.79 Å².